The Morgan fingerprint density at radius 2 is 2.35 bits per heavy atom. The zero-order valence-corrected chi connectivity index (χ0v) is 11.5. The van der Waals surface area contributed by atoms with Gasteiger partial charge in [-0.25, -0.2) is 0 Å². The van der Waals surface area contributed by atoms with Gasteiger partial charge < -0.3 is 9.64 Å². The van der Waals surface area contributed by atoms with E-state index in [0.29, 0.717) is 26.1 Å². The van der Waals surface area contributed by atoms with E-state index in [0.717, 1.165) is 12.8 Å². The van der Waals surface area contributed by atoms with Crippen molar-refractivity contribution in [2.75, 3.05) is 20.3 Å². The number of unbranched alkanes of at least 4 members (excludes halogenated alkanes) is 1. The molecule has 17 heavy (non-hydrogen) atoms. The Balaban J connectivity index is 2.50. The quantitative estimate of drug-likeness (QED) is 0.715. The third kappa shape index (κ3) is 5.33. The number of nitrogens with zero attached hydrogens (tertiary/aromatic N) is 1. The molecule has 0 saturated carbocycles. The highest BCUT2D eigenvalue weighted by Gasteiger charge is 2.13. The minimum Gasteiger partial charge on any atom is -0.383 e. The Kier molecular flexibility index (Phi) is 6.89. The van der Waals surface area contributed by atoms with Crippen LogP contribution in [0.2, 0.25) is 0 Å². The number of hydrogen-bond donors (Lipinski definition) is 0. The van der Waals surface area contributed by atoms with E-state index in [-0.39, 0.29) is 5.91 Å². The molecule has 0 radical (unpaired) electrons. The van der Waals surface area contributed by atoms with Crippen LogP contribution in [0.15, 0.2) is 16.8 Å². The summed E-state index contributed by atoms with van der Waals surface area (Å²) >= 11 is 1.67. The molecular formula is C13H21NO2S. The van der Waals surface area contributed by atoms with Gasteiger partial charge in [-0.1, -0.05) is 13.3 Å². The van der Waals surface area contributed by atoms with Gasteiger partial charge in [0.2, 0.25) is 5.91 Å². The number of carbonyl (C=O) groups is 1. The SMILES string of the molecule is CCCCC(=O)N(CCOC)Cc1ccsc1. The van der Waals surface area contributed by atoms with E-state index in [1.807, 2.05) is 10.3 Å². The molecule has 0 spiro atoms. The third-order valence-corrected chi connectivity index (χ3v) is 3.35. The van der Waals surface area contributed by atoms with Gasteiger partial charge in [-0.3, -0.25) is 4.79 Å². The van der Waals surface area contributed by atoms with Crippen molar-refractivity contribution in [2.24, 2.45) is 0 Å². The van der Waals surface area contributed by atoms with Crippen LogP contribution in [0.25, 0.3) is 0 Å². The lowest BCUT2D eigenvalue weighted by Crippen LogP contribution is -2.33. The van der Waals surface area contributed by atoms with Crippen LogP contribution in [-0.2, 0) is 16.1 Å². The molecule has 0 aliphatic rings. The molecule has 1 rings (SSSR count). The lowest BCUT2D eigenvalue weighted by Gasteiger charge is -2.22. The Labute approximate surface area is 107 Å². The summed E-state index contributed by atoms with van der Waals surface area (Å²) in [6, 6.07) is 2.07. The average molecular weight is 255 g/mol. The number of rotatable bonds is 8. The summed E-state index contributed by atoms with van der Waals surface area (Å²) in [5.41, 5.74) is 1.20. The Morgan fingerprint density at radius 3 is 2.94 bits per heavy atom. The number of amides is 1. The molecule has 0 aliphatic carbocycles. The Morgan fingerprint density at radius 1 is 1.53 bits per heavy atom. The molecule has 3 nitrogen and oxygen atoms in total. The predicted molar refractivity (Wildman–Crippen MR) is 71.1 cm³/mol. The highest BCUT2D eigenvalue weighted by atomic mass is 32.1. The van der Waals surface area contributed by atoms with Gasteiger partial charge in [-0.05, 0) is 28.8 Å². The lowest BCUT2D eigenvalue weighted by atomic mass is 10.2. The lowest BCUT2D eigenvalue weighted by molar-refractivity contribution is -0.132. The fraction of sp³-hybridized carbons (Fsp3) is 0.615. The van der Waals surface area contributed by atoms with Crippen molar-refractivity contribution < 1.29 is 9.53 Å². The Bertz CT molecular complexity index is 311. The maximum atomic E-state index is 12.0. The first-order valence-electron chi connectivity index (χ1n) is 6.05. The fourth-order valence-corrected chi connectivity index (χ4v) is 2.24. The van der Waals surface area contributed by atoms with Crippen molar-refractivity contribution in [3.63, 3.8) is 0 Å². The smallest absolute Gasteiger partial charge is 0.222 e. The highest BCUT2D eigenvalue weighted by molar-refractivity contribution is 7.07. The molecule has 1 aromatic rings. The summed E-state index contributed by atoms with van der Waals surface area (Å²) in [5, 5.41) is 4.13. The first kappa shape index (κ1) is 14.2. The minimum atomic E-state index is 0.232. The second-order valence-electron chi connectivity index (χ2n) is 4.04. The molecule has 0 atom stereocenters. The van der Waals surface area contributed by atoms with Gasteiger partial charge in [-0.15, -0.1) is 0 Å². The first-order valence-corrected chi connectivity index (χ1v) is 7.00. The first-order chi connectivity index (χ1) is 8.27. The van der Waals surface area contributed by atoms with E-state index in [4.69, 9.17) is 4.74 Å². The van der Waals surface area contributed by atoms with Crippen molar-refractivity contribution >= 4 is 17.2 Å². The van der Waals surface area contributed by atoms with Crippen LogP contribution in [0.4, 0.5) is 0 Å². The van der Waals surface area contributed by atoms with Gasteiger partial charge in [0.15, 0.2) is 0 Å². The summed E-state index contributed by atoms with van der Waals surface area (Å²) in [5.74, 6) is 0.232. The zero-order chi connectivity index (χ0) is 12.5. The maximum Gasteiger partial charge on any atom is 0.222 e. The van der Waals surface area contributed by atoms with E-state index < -0.39 is 0 Å². The summed E-state index contributed by atoms with van der Waals surface area (Å²) in [4.78, 5) is 13.9. The number of methoxy groups -OCH3 is 1. The molecule has 1 heterocycles. The number of carbonyl (C=O) groups excluding carboxylic acids is 1. The van der Waals surface area contributed by atoms with Gasteiger partial charge >= 0.3 is 0 Å². The second-order valence-corrected chi connectivity index (χ2v) is 4.82. The van der Waals surface area contributed by atoms with E-state index >= 15 is 0 Å². The number of hydrogen-bond acceptors (Lipinski definition) is 3. The van der Waals surface area contributed by atoms with Crippen molar-refractivity contribution in [1.29, 1.82) is 0 Å². The van der Waals surface area contributed by atoms with E-state index in [1.54, 1.807) is 18.4 Å². The number of thiophene rings is 1. The second kappa shape index (κ2) is 8.25. The molecule has 0 bridgehead atoms. The summed E-state index contributed by atoms with van der Waals surface area (Å²) in [7, 11) is 1.67. The van der Waals surface area contributed by atoms with E-state index in [1.165, 1.54) is 5.56 Å². The minimum absolute atomic E-state index is 0.232. The molecule has 0 aromatic carbocycles. The molecule has 96 valence electrons. The van der Waals surface area contributed by atoms with Crippen LogP contribution in [0, 0.1) is 0 Å². The molecule has 0 saturated heterocycles. The van der Waals surface area contributed by atoms with Crippen molar-refractivity contribution in [3.8, 4) is 0 Å². The molecular weight excluding hydrogens is 234 g/mol. The molecule has 4 heteroatoms. The molecule has 0 N–H and O–H groups in total. The molecule has 1 aromatic heterocycles. The normalized spacial score (nSPS) is 10.5. The van der Waals surface area contributed by atoms with Gasteiger partial charge in [0, 0.05) is 26.6 Å². The van der Waals surface area contributed by atoms with Gasteiger partial charge in [0.1, 0.15) is 0 Å². The average Bonchev–Trinajstić information content (AvgIpc) is 2.84. The largest absolute Gasteiger partial charge is 0.383 e. The summed E-state index contributed by atoms with van der Waals surface area (Å²) in [6.07, 6.45) is 2.67. The monoisotopic (exact) mass is 255 g/mol. The van der Waals surface area contributed by atoms with Crippen molar-refractivity contribution in [2.45, 2.75) is 32.7 Å². The third-order valence-electron chi connectivity index (χ3n) is 2.62. The van der Waals surface area contributed by atoms with Crippen LogP contribution in [0.1, 0.15) is 31.7 Å². The van der Waals surface area contributed by atoms with Crippen LogP contribution in [0.3, 0.4) is 0 Å². The highest BCUT2D eigenvalue weighted by Crippen LogP contribution is 2.11. The topological polar surface area (TPSA) is 29.5 Å². The van der Waals surface area contributed by atoms with Crippen LogP contribution < -0.4 is 0 Å². The molecule has 0 fully saturated rings. The maximum absolute atomic E-state index is 12.0. The molecule has 0 aliphatic heterocycles. The van der Waals surface area contributed by atoms with Gasteiger partial charge in [0.25, 0.3) is 0 Å². The summed E-state index contributed by atoms with van der Waals surface area (Å²) in [6.45, 7) is 4.08. The van der Waals surface area contributed by atoms with Crippen LogP contribution in [0.5, 0.6) is 0 Å². The predicted octanol–water partition coefficient (Wildman–Crippen LogP) is 2.91. The zero-order valence-electron chi connectivity index (χ0n) is 10.6. The van der Waals surface area contributed by atoms with Crippen LogP contribution in [-0.4, -0.2) is 31.1 Å². The van der Waals surface area contributed by atoms with Crippen molar-refractivity contribution in [3.05, 3.63) is 22.4 Å². The standard InChI is InChI=1S/C13H21NO2S/c1-3-4-5-13(15)14(7-8-16-2)10-12-6-9-17-11-12/h6,9,11H,3-5,7-8,10H2,1-2H3. The fourth-order valence-electron chi connectivity index (χ4n) is 1.58. The van der Waals surface area contributed by atoms with Gasteiger partial charge in [0.05, 0.1) is 6.61 Å². The van der Waals surface area contributed by atoms with Crippen LogP contribution >= 0.6 is 11.3 Å². The van der Waals surface area contributed by atoms with Gasteiger partial charge in [-0.2, -0.15) is 11.3 Å². The summed E-state index contributed by atoms with van der Waals surface area (Å²) < 4.78 is 5.05. The van der Waals surface area contributed by atoms with E-state index in [2.05, 4.69) is 18.4 Å². The Hall–Kier alpha value is -0.870. The molecule has 0 unspecified atom stereocenters. The number of ether oxygens (including phenoxy) is 1. The molecule has 1 amide bonds. The van der Waals surface area contributed by atoms with Crippen molar-refractivity contribution in [1.82, 2.24) is 4.90 Å². The van der Waals surface area contributed by atoms with E-state index in [9.17, 15) is 4.79 Å².